The van der Waals surface area contributed by atoms with Crippen molar-refractivity contribution in [2.45, 2.75) is 50.9 Å². The van der Waals surface area contributed by atoms with E-state index in [0.717, 1.165) is 29.8 Å². The molecule has 2 fully saturated rings. The first kappa shape index (κ1) is 25.3. The van der Waals surface area contributed by atoms with Crippen molar-refractivity contribution in [2.75, 3.05) is 24.6 Å². The number of urea groups is 2. The molecule has 3 atom stereocenters. The molecule has 0 aliphatic carbocycles. The van der Waals surface area contributed by atoms with Crippen molar-refractivity contribution >= 4 is 34.8 Å². The molecule has 0 saturated carbocycles. The zero-order valence-corrected chi connectivity index (χ0v) is 22.0. The van der Waals surface area contributed by atoms with Gasteiger partial charge in [-0.05, 0) is 72.8 Å². The van der Waals surface area contributed by atoms with Crippen molar-refractivity contribution in [1.29, 1.82) is 0 Å². The molecule has 194 valence electrons. The topological polar surface area (TPSA) is 67.3 Å². The maximum atomic E-state index is 14.2. The Labute approximate surface area is 222 Å². The summed E-state index contributed by atoms with van der Waals surface area (Å²) in [5, 5.41) is 14.1. The predicted molar refractivity (Wildman–Crippen MR) is 147 cm³/mol. The summed E-state index contributed by atoms with van der Waals surface area (Å²) >= 11 is 1.63. The highest BCUT2D eigenvalue weighted by Gasteiger charge is 2.51. The van der Waals surface area contributed by atoms with E-state index in [0.29, 0.717) is 26.1 Å². The monoisotopic (exact) mass is 518 g/mol. The fourth-order valence-electron chi connectivity index (χ4n) is 5.77. The molecule has 4 amide bonds. The third kappa shape index (κ3) is 5.08. The average molecular weight is 519 g/mol. The van der Waals surface area contributed by atoms with Crippen LogP contribution in [0.2, 0.25) is 0 Å². The van der Waals surface area contributed by atoms with Gasteiger partial charge in [-0.15, -0.1) is 0 Å². The molecule has 2 unspecified atom stereocenters. The molecule has 1 N–H and O–H groups in total. The first-order valence-corrected chi connectivity index (χ1v) is 14.0. The van der Waals surface area contributed by atoms with E-state index < -0.39 is 0 Å². The normalized spacial score (nSPS) is 20.6. The lowest BCUT2D eigenvalue weighted by Crippen LogP contribution is -2.65. The fourth-order valence-corrected chi connectivity index (χ4v) is 6.43. The number of carbonyl (C=O) groups excluding carboxylic acids is 2. The van der Waals surface area contributed by atoms with Crippen LogP contribution in [-0.2, 0) is 6.54 Å². The Kier molecular flexibility index (Phi) is 7.76. The number of amides is 4. The molecule has 37 heavy (non-hydrogen) atoms. The van der Waals surface area contributed by atoms with Crippen LogP contribution < -0.4 is 4.90 Å². The van der Waals surface area contributed by atoms with Gasteiger partial charge in [0, 0.05) is 26.2 Å². The number of aliphatic hydroxyl groups is 1. The minimum absolute atomic E-state index is 0.0270. The van der Waals surface area contributed by atoms with Crippen LogP contribution in [0.1, 0.15) is 31.7 Å². The highest BCUT2D eigenvalue weighted by atomic mass is 32.1. The van der Waals surface area contributed by atoms with Gasteiger partial charge in [-0.3, -0.25) is 4.90 Å². The lowest BCUT2D eigenvalue weighted by Gasteiger charge is -2.49. The molecule has 2 aromatic carbocycles. The molecule has 2 bridgehead atoms. The summed E-state index contributed by atoms with van der Waals surface area (Å²) < 4.78 is 0. The summed E-state index contributed by atoms with van der Waals surface area (Å²) in [7, 11) is 0. The van der Waals surface area contributed by atoms with E-state index in [2.05, 4.69) is 11.4 Å². The van der Waals surface area contributed by atoms with Crippen LogP contribution in [0.3, 0.4) is 0 Å². The van der Waals surface area contributed by atoms with Gasteiger partial charge < -0.3 is 19.8 Å². The first-order valence-electron chi connectivity index (χ1n) is 13.0. The number of benzene rings is 2. The number of anilines is 2. The largest absolute Gasteiger partial charge is 0.396 e. The summed E-state index contributed by atoms with van der Waals surface area (Å²) in [5.74, 6) is 0. The van der Waals surface area contributed by atoms with Crippen LogP contribution in [0, 0.1) is 0 Å². The number of rotatable bonds is 7. The molecule has 2 aliphatic heterocycles. The molecule has 0 spiro atoms. The summed E-state index contributed by atoms with van der Waals surface area (Å²) in [5.41, 5.74) is 2.72. The van der Waals surface area contributed by atoms with Gasteiger partial charge in [-0.25, -0.2) is 9.59 Å². The van der Waals surface area contributed by atoms with E-state index in [4.69, 9.17) is 0 Å². The maximum Gasteiger partial charge on any atom is 0.329 e. The average Bonchev–Trinajstić information content (AvgIpc) is 3.56. The van der Waals surface area contributed by atoms with Crippen molar-refractivity contribution < 1.29 is 14.7 Å². The third-order valence-electron chi connectivity index (χ3n) is 7.52. The van der Waals surface area contributed by atoms with Crippen LogP contribution >= 0.6 is 11.3 Å². The fraction of sp³-hybridized carbons (Fsp3) is 0.379. The Balaban J connectivity index is 1.43. The number of hydrogen-bond donors (Lipinski definition) is 1. The smallest absolute Gasteiger partial charge is 0.329 e. The summed E-state index contributed by atoms with van der Waals surface area (Å²) in [6.45, 7) is 3.62. The molecule has 2 aliphatic rings. The van der Waals surface area contributed by atoms with E-state index in [1.165, 1.54) is 0 Å². The van der Waals surface area contributed by atoms with Crippen molar-refractivity contribution in [3.05, 3.63) is 83.1 Å². The van der Waals surface area contributed by atoms with Crippen LogP contribution in [0.25, 0.3) is 0 Å². The van der Waals surface area contributed by atoms with E-state index >= 15 is 0 Å². The molecule has 8 heteroatoms. The number of nitrogens with zero attached hydrogens (tertiary/aromatic N) is 4. The molecule has 3 aromatic rings. The Hall–Kier alpha value is -3.36. The van der Waals surface area contributed by atoms with E-state index in [9.17, 15) is 14.7 Å². The highest BCUT2D eigenvalue weighted by Crippen LogP contribution is 2.38. The molecular formula is C29H34N4O3S. The van der Waals surface area contributed by atoms with Gasteiger partial charge in [0.05, 0.1) is 29.5 Å². The Bertz CT molecular complexity index is 1130. The number of hydrogen-bond acceptors (Lipinski definition) is 4. The Morgan fingerprint density at radius 1 is 0.973 bits per heavy atom. The van der Waals surface area contributed by atoms with Gasteiger partial charge in [-0.1, -0.05) is 36.4 Å². The third-order valence-corrected chi connectivity index (χ3v) is 8.25. The second-order valence-corrected chi connectivity index (χ2v) is 10.4. The molecule has 7 nitrogen and oxygen atoms in total. The first-order chi connectivity index (χ1) is 18.1. The molecule has 3 heterocycles. The SMILES string of the molecule is CCN(Cc1ccsc1)C(=O)N1C2CCC1[C@@H](CCO)N(C(=O)N(c1ccccc1)c1ccccc1)C2. The standard InChI is InChI=1S/C29H34N4O3S/c1-2-30(19-22-16-18-37-21-22)28(35)33-25-13-14-27(33)26(15-17-34)31(20-25)29(36)32(23-9-5-3-6-10-23)24-11-7-4-8-12-24/h3-12,16,18,21,25-27,34H,2,13-15,17,19-20H2,1H3/t25?,26-,27?/m1/s1. The van der Waals surface area contributed by atoms with Crippen molar-refractivity contribution in [3.8, 4) is 0 Å². The van der Waals surface area contributed by atoms with E-state index in [1.807, 2.05) is 87.7 Å². The maximum absolute atomic E-state index is 14.2. The lowest BCUT2D eigenvalue weighted by atomic mass is 10.00. The van der Waals surface area contributed by atoms with E-state index in [1.54, 1.807) is 16.2 Å². The number of piperazine rings is 1. The molecule has 0 radical (unpaired) electrons. The van der Waals surface area contributed by atoms with Crippen LogP contribution in [-0.4, -0.2) is 69.7 Å². The molecular weight excluding hydrogens is 484 g/mol. The van der Waals surface area contributed by atoms with Gasteiger partial charge in [0.2, 0.25) is 0 Å². The van der Waals surface area contributed by atoms with Crippen molar-refractivity contribution in [1.82, 2.24) is 14.7 Å². The van der Waals surface area contributed by atoms with Crippen molar-refractivity contribution in [3.63, 3.8) is 0 Å². The van der Waals surface area contributed by atoms with Crippen LogP contribution in [0.4, 0.5) is 21.0 Å². The van der Waals surface area contributed by atoms with Gasteiger partial charge >= 0.3 is 12.1 Å². The van der Waals surface area contributed by atoms with Crippen LogP contribution in [0.15, 0.2) is 77.5 Å². The second-order valence-electron chi connectivity index (χ2n) is 9.66. The molecule has 5 rings (SSSR count). The minimum atomic E-state index is -0.255. The van der Waals surface area contributed by atoms with Crippen molar-refractivity contribution in [2.24, 2.45) is 0 Å². The number of fused-ring (bicyclic) bond motifs is 2. The minimum Gasteiger partial charge on any atom is -0.396 e. The summed E-state index contributed by atoms with van der Waals surface area (Å²) in [6, 6.07) is 20.9. The Morgan fingerprint density at radius 3 is 2.22 bits per heavy atom. The lowest BCUT2D eigenvalue weighted by molar-refractivity contribution is 0.0371. The van der Waals surface area contributed by atoms with Gasteiger partial charge in [0.15, 0.2) is 0 Å². The number of thiophene rings is 1. The Morgan fingerprint density at radius 2 is 1.65 bits per heavy atom. The van der Waals surface area contributed by atoms with Crippen LogP contribution in [0.5, 0.6) is 0 Å². The van der Waals surface area contributed by atoms with E-state index in [-0.39, 0.29) is 36.8 Å². The van der Waals surface area contributed by atoms with Gasteiger partial charge in [0.1, 0.15) is 0 Å². The highest BCUT2D eigenvalue weighted by molar-refractivity contribution is 7.07. The van der Waals surface area contributed by atoms with Gasteiger partial charge in [0.25, 0.3) is 0 Å². The number of likely N-dealkylation sites (tertiary alicyclic amines) is 1. The number of carbonyl (C=O) groups is 2. The summed E-state index contributed by atoms with van der Waals surface area (Å²) in [4.78, 5) is 35.6. The second kappa shape index (κ2) is 11.4. The zero-order chi connectivity index (χ0) is 25.8. The number of para-hydroxylation sites is 2. The zero-order valence-electron chi connectivity index (χ0n) is 21.1. The number of aliphatic hydroxyl groups excluding tert-OH is 1. The quantitative estimate of drug-likeness (QED) is 0.446. The van der Waals surface area contributed by atoms with Gasteiger partial charge in [-0.2, -0.15) is 11.3 Å². The predicted octanol–water partition coefficient (Wildman–Crippen LogP) is 5.55. The molecule has 1 aromatic heterocycles. The summed E-state index contributed by atoms with van der Waals surface area (Å²) in [6.07, 6.45) is 2.12. The molecule has 2 saturated heterocycles.